The number of hydrogen-bond acceptors (Lipinski definition) is 9. The lowest BCUT2D eigenvalue weighted by molar-refractivity contribution is 0.145. The third-order valence-electron chi connectivity index (χ3n) is 8.09. The fraction of sp³-hybridized carbons (Fsp3) is 0.361. The van der Waals surface area contributed by atoms with Gasteiger partial charge in [-0.3, -0.25) is 4.90 Å². The van der Waals surface area contributed by atoms with Crippen LogP contribution >= 0.6 is 0 Å². The minimum absolute atomic E-state index is 0.338. The maximum Gasteiger partial charge on any atom is 0.420 e. The van der Waals surface area contributed by atoms with Crippen LogP contribution in [-0.2, 0) is 6.42 Å². The molecule has 10 nitrogen and oxygen atoms in total. The summed E-state index contributed by atoms with van der Waals surface area (Å²) in [5, 5.41) is 3.25. The van der Waals surface area contributed by atoms with E-state index < -0.39 is 6.09 Å². The monoisotopic (exact) mass is 624 g/mol. The molecule has 1 fully saturated rings. The number of piperazine rings is 1. The molecule has 5 rings (SSSR count). The summed E-state index contributed by atoms with van der Waals surface area (Å²) in [4.78, 5) is 29.1. The summed E-state index contributed by atoms with van der Waals surface area (Å²) in [5.74, 6) is 2.62. The van der Waals surface area contributed by atoms with Gasteiger partial charge in [-0.15, -0.1) is 0 Å². The summed E-state index contributed by atoms with van der Waals surface area (Å²) in [7, 11) is 3.79. The molecule has 1 aromatic heterocycles. The van der Waals surface area contributed by atoms with Gasteiger partial charge in [-0.25, -0.2) is 9.78 Å². The number of ether oxygens (including phenoxy) is 3. The Kier molecular flexibility index (Phi) is 11.4. The molecule has 10 heteroatoms. The minimum atomic E-state index is -0.506. The first kappa shape index (κ1) is 32.7. The molecule has 1 saturated heterocycles. The number of carbonyl (C=O) groups is 1. The molecule has 3 aromatic carbocycles. The molecule has 2 heterocycles. The summed E-state index contributed by atoms with van der Waals surface area (Å²) < 4.78 is 17.6. The van der Waals surface area contributed by atoms with E-state index in [-0.39, 0.29) is 0 Å². The Morgan fingerprint density at radius 3 is 2.43 bits per heavy atom. The molecule has 1 amide bonds. The molecule has 0 atom stereocenters. The number of para-hydroxylation sites is 1. The highest BCUT2D eigenvalue weighted by molar-refractivity contribution is 5.88. The van der Waals surface area contributed by atoms with Gasteiger partial charge in [0.1, 0.15) is 11.6 Å². The van der Waals surface area contributed by atoms with Crippen LogP contribution in [0.2, 0.25) is 0 Å². The van der Waals surface area contributed by atoms with Crippen LogP contribution in [0.3, 0.4) is 0 Å². The third-order valence-corrected chi connectivity index (χ3v) is 8.09. The quantitative estimate of drug-likeness (QED) is 0.177. The van der Waals surface area contributed by atoms with Crippen molar-refractivity contribution >= 4 is 23.5 Å². The zero-order chi connectivity index (χ0) is 32.3. The fourth-order valence-electron chi connectivity index (χ4n) is 5.38. The second-order valence-electron chi connectivity index (χ2n) is 11.6. The summed E-state index contributed by atoms with van der Waals surface area (Å²) in [6.07, 6.45) is 2.69. The van der Waals surface area contributed by atoms with Gasteiger partial charge in [0.2, 0.25) is 5.95 Å². The molecule has 0 aliphatic carbocycles. The first-order chi connectivity index (χ1) is 22.4. The Morgan fingerprint density at radius 1 is 0.935 bits per heavy atom. The van der Waals surface area contributed by atoms with Gasteiger partial charge in [0.25, 0.3) is 0 Å². The van der Waals surface area contributed by atoms with Crippen molar-refractivity contribution in [2.45, 2.75) is 26.7 Å². The van der Waals surface area contributed by atoms with Gasteiger partial charge in [0.15, 0.2) is 11.5 Å². The molecule has 0 bridgehead atoms. The molecule has 1 N–H and O–H groups in total. The maximum atomic E-state index is 13.6. The maximum absolute atomic E-state index is 13.6. The number of aryl methyl sites for hydroxylation is 2. The van der Waals surface area contributed by atoms with Crippen LogP contribution in [0, 0.1) is 13.8 Å². The number of nitrogens with zero attached hydrogens (tertiary/aromatic N) is 5. The summed E-state index contributed by atoms with van der Waals surface area (Å²) in [6, 6.07) is 23.2. The van der Waals surface area contributed by atoms with Crippen LogP contribution in [0.5, 0.6) is 17.2 Å². The van der Waals surface area contributed by atoms with Gasteiger partial charge >= 0.3 is 6.09 Å². The lowest BCUT2D eigenvalue weighted by Gasteiger charge is -2.32. The summed E-state index contributed by atoms with van der Waals surface area (Å²) >= 11 is 0. The van der Waals surface area contributed by atoms with E-state index in [2.05, 4.69) is 27.1 Å². The van der Waals surface area contributed by atoms with Gasteiger partial charge in [0, 0.05) is 57.2 Å². The number of nitrogens with one attached hydrogen (secondary N) is 1. The lowest BCUT2D eigenvalue weighted by Crippen LogP contribution is -2.44. The number of likely N-dealkylation sites (N-methyl/N-ethyl adjacent to an activating group) is 1. The van der Waals surface area contributed by atoms with E-state index in [1.54, 1.807) is 24.3 Å². The van der Waals surface area contributed by atoms with E-state index in [0.717, 1.165) is 61.5 Å². The first-order valence-electron chi connectivity index (χ1n) is 15.8. The SMILES string of the molecule is COc1cc(Nc2nccc(N(CCc3ccccc3)C(=O)Oc3c(C)cccc3C)n2)ccc1OCCCN1CCN(C)CC1. The van der Waals surface area contributed by atoms with Gasteiger partial charge < -0.3 is 29.3 Å². The molecule has 46 heavy (non-hydrogen) atoms. The van der Waals surface area contributed by atoms with E-state index >= 15 is 0 Å². The Morgan fingerprint density at radius 2 is 1.70 bits per heavy atom. The van der Waals surface area contributed by atoms with E-state index in [4.69, 9.17) is 19.2 Å². The van der Waals surface area contributed by atoms with Crippen molar-refractivity contribution < 1.29 is 19.0 Å². The van der Waals surface area contributed by atoms with Gasteiger partial charge in [-0.05, 0) is 68.6 Å². The standard InChI is InChI=1S/C36H44N6O4/c1-27-10-8-11-28(2)34(27)46-36(43)42(20-17-29-12-6-5-7-13-29)33-16-18-37-35(39-33)38-30-14-15-31(32(26-30)44-4)45-25-9-19-41-23-21-40(3)22-24-41/h5-8,10-16,18,26H,9,17,19-25H2,1-4H3,(H,37,38,39). The van der Waals surface area contributed by atoms with E-state index in [1.807, 2.05) is 80.6 Å². The number of rotatable bonds is 13. The van der Waals surface area contributed by atoms with Crippen molar-refractivity contribution in [2.75, 3.05) is 70.2 Å². The van der Waals surface area contributed by atoms with Crippen LogP contribution in [0.4, 0.5) is 22.2 Å². The second-order valence-corrected chi connectivity index (χ2v) is 11.6. The summed E-state index contributed by atoms with van der Waals surface area (Å²) in [5.41, 5.74) is 3.61. The average Bonchev–Trinajstić information content (AvgIpc) is 3.07. The van der Waals surface area contributed by atoms with Crippen LogP contribution in [0.25, 0.3) is 0 Å². The molecule has 0 unspecified atom stereocenters. The van der Waals surface area contributed by atoms with Gasteiger partial charge in [-0.2, -0.15) is 4.98 Å². The van der Waals surface area contributed by atoms with Crippen LogP contribution < -0.4 is 24.4 Å². The number of aromatic nitrogens is 2. The normalized spacial score (nSPS) is 13.7. The second kappa shape index (κ2) is 16.1. The molecule has 0 radical (unpaired) electrons. The van der Waals surface area contributed by atoms with Gasteiger partial charge in [-0.1, -0.05) is 48.5 Å². The number of benzene rings is 3. The van der Waals surface area contributed by atoms with Crippen molar-refractivity contribution in [3.05, 3.63) is 95.7 Å². The Bertz CT molecular complexity index is 1560. The van der Waals surface area contributed by atoms with E-state index in [0.29, 0.717) is 48.6 Å². The summed E-state index contributed by atoms with van der Waals surface area (Å²) in [6.45, 7) is 10.3. The average molecular weight is 625 g/mol. The van der Waals surface area contributed by atoms with Crippen molar-refractivity contribution in [3.8, 4) is 17.2 Å². The lowest BCUT2D eigenvalue weighted by atomic mass is 10.1. The highest BCUT2D eigenvalue weighted by Gasteiger charge is 2.22. The molecule has 0 spiro atoms. The zero-order valence-corrected chi connectivity index (χ0v) is 27.2. The first-order valence-corrected chi connectivity index (χ1v) is 15.8. The topological polar surface area (TPSA) is 92.3 Å². The van der Waals surface area contributed by atoms with Crippen molar-refractivity contribution in [3.63, 3.8) is 0 Å². The molecule has 242 valence electrons. The van der Waals surface area contributed by atoms with E-state index in [1.165, 1.54) is 0 Å². The van der Waals surface area contributed by atoms with Crippen LogP contribution in [-0.4, -0.2) is 85.9 Å². The third kappa shape index (κ3) is 8.95. The van der Waals surface area contributed by atoms with E-state index in [9.17, 15) is 4.79 Å². The van der Waals surface area contributed by atoms with Crippen LogP contribution in [0.1, 0.15) is 23.1 Å². The number of amides is 1. The van der Waals surface area contributed by atoms with Gasteiger partial charge in [0.05, 0.1) is 13.7 Å². The molecule has 1 aliphatic rings. The smallest absolute Gasteiger partial charge is 0.420 e. The number of hydrogen-bond donors (Lipinski definition) is 1. The van der Waals surface area contributed by atoms with Crippen molar-refractivity contribution in [1.82, 2.24) is 19.8 Å². The molecule has 0 saturated carbocycles. The predicted octanol–water partition coefficient (Wildman–Crippen LogP) is 6.11. The predicted molar refractivity (Wildman–Crippen MR) is 182 cm³/mol. The molecular formula is C36H44N6O4. The zero-order valence-electron chi connectivity index (χ0n) is 27.2. The molecular weight excluding hydrogens is 580 g/mol. The van der Waals surface area contributed by atoms with Crippen molar-refractivity contribution in [2.24, 2.45) is 0 Å². The largest absolute Gasteiger partial charge is 0.493 e. The van der Waals surface area contributed by atoms with Crippen LogP contribution in [0.15, 0.2) is 79.0 Å². The minimum Gasteiger partial charge on any atom is -0.493 e. The Labute approximate surface area is 271 Å². The number of carbonyl (C=O) groups excluding carboxylic acids is 1. The van der Waals surface area contributed by atoms with Crippen molar-refractivity contribution in [1.29, 1.82) is 0 Å². The fourth-order valence-corrected chi connectivity index (χ4v) is 5.38. The highest BCUT2D eigenvalue weighted by Crippen LogP contribution is 2.31. The Balaban J connectivity index is 1.26. The highest BCUT2D eigenvalue weighted by atomic mass is 16.6. The molecule has 4 aromatic rings. The number of methoxy groups -OCH3 is 1. The Hall–Kier alpha value is -4.67. The molecule has 1 aliphatic heterocycles. The number of anilines is 3.